The lowest BCUT2D eigenvalue weighted by atomic mass is 10.2. The first-order valence-electron chi connectivity index (χ1n) is 5.59. The normalized spacial score (nSPS) is 11.3. The number of para-hydroxylation sites is 1. The second-order valence-corrected chi connectivity index (χ2v) is 6.78. The van der Waals surface area contributed by atoms with Gasteiger partial charge in [-0.3, -0.25) is 4.72 Å². The van der Waals surface area contributed by atoms with E-state index in [1.165, 1.54) is 0 Å². The van der Waals surface area contributed by atoms with Crippen molar-refractivity contribution < 1.29 is 8.42 Å². The third-order valence-corrected chi connectivity index (χ3v) is 4.91. The lowest BCUT2D eigenvalue weighted by Crippen LogP contribution is -2.13. The standard InChI is InChI=1S/C13H13IN2O2S/c14-12-3-1-2-4-13(12)16-19(17,18)11-7-5-10(9-15)6-8-11/h1-8,16H,9,15H2. The SMILES string of the molecule is NCc1ccc(S(=O)(=O)Nc2ccccc2I)cc1. The van der Waals surface area contributed by atoms with Gasteiger partial charge in [-0.25, -0.2) is 8.42 Å². The molecule has 0 unspecified atom stereocenters. The van der Waals surface area contributed by atoms with Gasteiger partial charge in [-0.1, -0.05) is 24.3 Å². The third-order valence-electron chi connectivity index (χ3n) is 2.59. The van der Waals surface area contributed by atoms with Crippen LogP contribution in [0.25, 0.3) is 0 Å². The molecule has 0 saturated carbocycles. The number of hydrogen-bond donors (Lipinski definition) is 2. The zero-order valence-electron chi connectivity index (χ0n) is 10.0. The van der Waals surface area contributed by atoms with Gasteiger partial charge in [-0.15, -0.1) is 0 Å². The summed E-state index contributed by atoms with van der Waals surface area (Å²) in [5, 5.41) is 0. The Morgan fingerprint density at radius 2 is 1.68 bits per heavy atom. The van der Waals surface area contributed by atoms with Gasteiger partial charge in [-0.05, 0) is 52.4 Å². The fourth-order valence-corrected chi connectivity index (χ4v) is 3.34. The van der Waals surface area contributed by atoms with Crippen molar-refractivity contribution in [1.82, 2.24) is 0 Å². The first-order chi connectivity index (χ1) is 9.03. The molecule has 0 aliphatic heterocycles. The Kier molecular flexibility index (Phi) is 4.43. The van der Waals surface area contributed by atoms with E-state index >= 15 is 0 Å². The average molecular weight is 388 g/mol. The number of rotatable bonds is 4. The van der Waals surface area contributed by atoms with E-state index in [-0.39, 0.29) is 4.90 Å². The van der Waals surface area contributed by atoms with E-state index in [9.17, 15) is 8.42 Å². The van der Waals surface area contributed by atoms with Crippen molar-refractivity contribution in [3.8, 4) is 0 Å². The van der Waals surface area contributed by atoms with Crippen LogP contribution in [0.15, 0.2) is 53.4 Å². The predicted octanol–water partition coefficient (Wildman–Crippen LogP) is 2.55. The number of nitrogens with two attached hydrogens (primary N) is 1. The van der Waals surface area contributed by atoms with Crippen molar-refractivity contribution in [2.45, 2.75) is 11.4 Å². The van der Waals surface area contributed by atoms with E-state index in [4.69, 9.17) is 5.73 Å². The molecule has 100 valence electrons. The summed E-state index contributed by atoms with van der Waals surface area (Å²) < 4.78 is 27.8. The molecule has 4 nitrogen and oxygen atoms in total. The molecular formula is C13H13IN2O2S. The molecule has 0 aliphatic carbocycles. The zero-order valence-corrected chi connectivity index (χ0v) is 13.0. The lowest BCUT2D eigenvalue weighted by Gasteiger charge is -2.10. The number of hydrogen-bond acceptors (Lipinski definition) is 3. The number of benzene rings is 2. The van der Waals surface area contributed by atoms with Gasteiger partial charge >= 0.3 is 0 Å². The van der Waals surface area contributed by atoms with Crippen LogP contribution in [0.1, 0.15) is 5.56 Å². The molecule has 2 aromatic rings. The summed E-state index contributed by atoms with van der Waals surface area (Å²) >= 11 is 2.09. The van der Waals surface area contributed by atoms with E-state index in [2.05, 4.69) is 27.3 Å². The number of anilines is 1. The molecule has 0 amide bonds. The van der Waals surface area contributed by atoms with Crippen LogP contribution < -0.4 is 10.5 Å². The molecule has 0 aliphatic rings. The Hall–Kier alpha value is -1.12. The highest BCUT2D eigenvalue weighted by molar-refractivity contribution is 14.1. The Morgan fingerprint density at radius 3 is 2.26 bits per heavy atom. The van der Waals surface area contributed by atoms with Crippen molar-refractivity contribution in [3.05, 3.63) is 57.7 Å². The van der Waals surface area contributed by atoms with Crippen molar-refractivity contribution in [3.63, 3.8) is 0 Å². The van der Waals surface area contributed by atoms with E-state index in [1.807, 2.05) is 12.1 Å². The predicted molar refractivity (Wildman–Crippen MR) is 84.3 cm³/mol. The lowest BCUT2D eigenvalue weighted by molar-refractivity contribution is 0.601. The van der Waals surface area contributed by atoms with Gasteiger partial charge in [-0.2, -0.15) is 0 Å². The number of halogens is 1. The second-order valence-electron chi connectivity index (χ2n) is 3.93. The molecule has 2 aromatic carbocycles. The van der Waals surface area contributed by atoms with E-state index in [1.54, 1.807) is 36.4 Å². The number of nitrogens with one attached hydrogen (secondary N) is 1. The van der Waals surface area contributed by atoms with E-state index in [0.717, 1.165) is 9.13 Å². The maximum Gasteiger partial charge on any atom is 0.261 e. The largest absolute Gasteiger partial charge is 0.326 e. The van der Waals surface area contributed by atoms with Gasteiger partial charge in [0, 0.05) is 10.1 Å². The van der Waals surface area contributed by atoms with Gasteiger partial charge < -0.3 is 5.73 Å². The van der Waals surface area contributed by atoms with Crippen LogP contribution in [0, 0.1) is 3.57 Å². The topological polar surface area (TPSA) is 72.2 Å². The summed E-state index contributed by atoms with van der Waals surface area (Å²) in [6.45, 7) is 0.393. The van der Waals surface area contributed by atoms with Crippen LogP contribution in [-0.4, -0.2) is 8.42 Å². The van der Waals surface area contributed by atoms with Crippen LogP contribution in [0.2, 0.25) is 0 Å². The molecular weight excluding hydrogens is 375 g/mol. The maximum absolute atomic E-state index is 12.2. The molecule has 0 fully saturated rings. The molecule has 0 bridgehead atoms. The minimum absolute atomic E-state index is 0.226. The highest BCUT2D eigenvalue weighted by Crippen LogP contribution is 2.21. The monoisotopic (exact) mass is 388 g/mol. The Labute approximate surface area is 126 Å². The van der Waals surface area contributed by atoms with Gasteiger partial charge in [0.25, 0.3) is 10.0 Å². The summed E-state index contributed by atoms with van der Waals surface area (Å²) in [6, 6.07) is 13.8. The molecule has 2 rings (SSSR count). The summed E-state index contributed by atoms with van der Waals surface area (Å²) in [5.41, 5.74) is 6.96. The molecule has 6 heteroatoms. The van der Waals surface area contributed by atoms with Crippen LogP contribution in [-0.2, 0) is 16.6 Å². The first kappa shape index (κ1) is 14.3. The smallest absolute Gasteiger partial charge is 0.261 e. The van der Waals surface area contributed by atoms with E-state index < -0.39 is 10.0 Å². The van der Waals surface area contributed by atoms with Gasteiger partial charge in [0.1, 0.15) is 0 Å². The minimum atomic E-state index is -3.56. The van der Waals surface area contributed by atoms with Gasteiger partial charge in [0.15, 0.2) is 0 Å². The molecule has 0 atom stereocenters. The Bertz CT molecular complexity index is 669. The molecule has 0 heterocycles. The highest BCUT2D eigenvalue weighted by atomic mass is 127. The molecule has 0 aromatic heterocycles. The maximum atomic E-state index is 12.2. The summed E-state index contributed by atoms with van der Waals surface area (Å²) in [5.74, 6) is 0. The molecule has 0 radical (unpaired) electrons. The average Bonchev–Trinajstić information content (AvgIpc) is 2.41. The summed E-state index contributed by atoms with van der Waals surface area (Å²) in [4.78, 5) is 0.226. The van der Waals surface area contributed by atoms with Crippen LogP contribution in [0.3, 0.4) is 0 Å². The molecule has 3 N–H and O–H groups in total. The van der Waals surface area contributed by atoms with Crippen molar-refractivity contribution >= 4 is 38.3 Å². The van der Waals surface area contributed by atoms with Crippen LogP contribution in [0.5, 0.6) is 0 Å². The van der Waals surface area contributed by atoms with Gasteiger partial charge in [0.05, 0.1) is 10.6 Å². The van der Waals surface area contributed by atoms with Gasteiger partial charge in [0.2, 0.25) is 0 Å². The third kappa shape index (κ3) is 3.46. The fraction of sp³-hybridized carbons (Fsp3) is 0.0769. The Balaban J connectivity index is 2.30. The van der Waals surface area contributed by atoms with Crippen LogP contribution >= 0.6 is 22.6 Å². The van der Waals surface area contributed by atoms with Crippen molar-refractivity contribution in [1.29, 1.82) is 0 Å². The number of sulfonamides is 1. The fourth-order valence-electron chi connectivity index (χ4n) is 1.55. The van der Waals surface area contributed by atoms with E-state index in [0.29, 0.717) is 12.2 Å². The quantitative estimate of drug-likeness (QED) is 0.791. The molecule has 0 spiro atoms. The first-order valence-corrected chi connectivity index (χ1v) is 8.15. The summed E-state index contributed by atoms with van der Waals surface area (Å²) in [6.07, 6.45) is 0. The molecule has 19 heavy (non-hydrogen) atoms. The zero-order chi connectivity index (χ0) is 13.9. The highest BCUT2D eigenvalue weighted by Gasteiger charge is 2.14. The second kappa shape index (κ2) is 5.89. The summed E-state index contributed by atoms with van der Waals surface area (Å²) in [7, 11) is -3.56. The minimum Gasteiger partial charge on any atom is -0.326 e. The van der Waals surface area contributed by atoms with Crippen LogP contribution in [0.4, 0.5) is 5.69 Å². The van der Waals surface area contributed by atoms with Crippen molar-refractivity contribution in [2.75, 3.05) is 4.72 Å². The van der Waals surface area contributed by atoms with Crippen molar-refractivity contribution in [2.24, 2.45) is 5.73 Å². The Morgan fingerprint density at radius 1 is 1.05 bits per heavy atom. The molecule has 0 saturated heterocycles.